The van der Waals surface area contributed by atoms with Gasteiger partial charge in [0.2, 0.25) is 0 Å². The fraction of sp³-hybridized carbons (Fsp3) is 1.00. The Balaban J connectivity index is 3.47. The molecule has 0 aliphatic heterocycles. The molecule has 0 saturated heterocycles. The van der Waals surface area contributed by atoms with Gasteiger partial charge in [0.1, 0.15) is 0 Å². The molecule has 0 aliphatic carbocycles. The van der Waals surface area contributed by atoms with Gasteiger partial charge < -0.3 is 0 Å². The molecule has 0 saturated carbocycles. The van der Waals surface area contributed by atoms with Crippen molar-refractivity contribution < 1.29 is 0 Å². The van der Waals surface area contributed by atoms with E-state index in [0.717, 1.165) is 0 Å². The summed E-state index contributed by atoms with van der Waals surface area (Å²) in [5, 5.41) is 0. The second-order valence-corrected chi connectivity index (χ2v) is 20.3. The van der Waals surface area contributed by atoms with Gasteiger partial charge in [0.05, 0.1) is 24.6 Å². The predicted octanol–water partition coefficient (Wildman–Crippen LogP) is 17.1. The van der Waals surface area contributed by atoms with Crippen molar-refractivity contribution in [2.75, 3.05) is 24.6 Å². The van der Waals surface area contributed by atoms with Gasteiger partial charge in [0.25, 0.3) is 0 Å². The standard InChI is InChI=1S/C44H92P/c1-5-9-11-13-15-17-19-21-23-25-27-29-31-33-35-37-39-41-43-45(7-3,8-4)44-42-40-38-36-34-32-30-28-26-24-22-20-18-16-14-12-10-6-2/h5-44H2,1-4H3/q+1. The summed E-state index contributed by atoms with van der Waals surface area (Å²) in [6.07, 6.45) is 59.8. The zero-order valence-electron chi connectivity index (χ0n) is 32.7. The highest BCUT2D eigenvalue weighted by Gasteiger charge is 2.31. The lowest BCUT2D eigenvalue weighted by Gasteiger charge is -2.25. The van der Waals surface area contributed by atoms with Crippen LogP contribution in [0.5, 0.6) is 0 Å². The second-order valence-electron chi connectivity index (χ2n) is 15.4. The molecule has 0 aromatic carbocycles. The molecule has 0 spiro atoms. The molecule has 0 atom stereocenters. The first-order valence-corrected chi connectivity index (χ1v) is 24.6. The van der Waals surface area contributed by atoms with Gasteiger partial charge in [0.15, 0.2) is 0 Å². The van der Waals surface area contributed by atoms with Crippen LogP contribution in [0.25, 0.3) is 0 Å². The van der Waals surface area contributed by atoms with Crippen LogP contribution in [0.1, 0.15) is 259 Å². The van der Waals surface area contributed by atoms with Crippen molar-refractivity contribution in [3.8, 4) is 0 Å². The van der Waals surface area contributed by atoms with Crippen molar-refractivity contribution in [1.29, 1.82) is 0 Å². The van der Waals surface area contributed by atoms with Crippen molar-refractivity contribution >= 4 is 7.26 Å². The molecule has 45 heavy (non-hydrogen) atoms. The molecule has 0 aliphatic rings. The highest BCUT2D eigenvalue weighted by molar-refractivity contribution is 7.75. The van der Waals surface area contributed by atoms with Crippen molar-refractivity contribution in [1.82, 2.24) is 0 Å². The third-order valence-corrected chi connectivity index (χ3v) is 16.5. The summed E-state index contributed by atoms with van der Waals surface area (Å²) >= 11 is 0. The predicted molar refractivity (Wildman–Crippen MR) is 215 cm³/mol. The quantitative estimate of drug-likeness (QED) is 0.0457. The molecular weight excluding hydrogens is 559 g/mol. The van der Waals surface area contributed by atoms with Gasteiger partial charge >= 0.3 is 0 Å². The van der Waals surface area contributed by atoms with E-state index in [9.17, 15) is 0 Å². The van der Waals surface area contributed by atoms with Gasteiger partial charge in [0, 0.05) is 7.26 Å². The van der Waals surface area contributed by atoms with Gasteiger partial charge in [-0.15, -0.1) is 0 Å². The lowest BCUT2D eigenvalue weighted by atomic mass is 10.0. The Morgan fingerprint density at radius 3 is 0.511 bits per heavy atom. The topological polar surface area (TPSA) is 0 Å². The molecule has 0 rings (SSSR count). The van der Waals surface area contributed by atoms with Crippen molar-refractivity contribution in [2.45, 2.75) is 259 Å². The molecule has 0 amide bonds. The Morgan fingerprint density at radius 2 is 0.356 bits per heavy atom. The van der Waals surface area contributed by atoms with E-state index in [1.165, 1.54) is 243 Å². The van der Waals surface area contributed by atoms with Crippen LogP contribution in [0.2, 0.25) is 0 Å². The second kappa shape index (κ2) is 38.9. The van der Waals surface area contributed by atoms with Gasteiger partial charge in [-0.05, 0) is 39.5 Å². The molecule has 0 radical (unpaired) electrons. The number of hydrogen-bond donors (Lipinski definition) is 0. The maximum absolute atomic E-state index is 2.53. The van der Waals surface area contributed by atoms with E-state index in [-0.39, 0.29) is 0 Å². The average Bonchev–Trinajstić information content (AvgIpc) is 3.06. The van der Waals surface area contributed by atoms with Gasteiger partial charge in [-0.2, -0.15) is 0 Å². The summed E-state index contributed by atoms with van der Waals surface area (Å²) in [7, 11) is -0.641. The molecule has 0 unspecified atom stereocenters. The summed E-state index contributed by atoms with van der Waals surface area (Å²) in [6, 6.07) is 0. The molecule has 0 aromatic rings. The minimum atomic E-state index is -0.641. The largest absolute Gasteiger partial charge is 0.0654 e. The van der Waals surface area contributed by atoms with Crippen LogP contribution in [0.3, 0.4) is 0 Å². The van der Waals surface area contributed by atoms with Crippen LogP contribution in [0.15, 0.2) is 0 Å². The SMILES string of the molecule is CCCCCCCCCCCCCCCCCCCC[P+](CC)(CC)CCCCCCCCCCCCCCCCCCCC. The fourth-order valence-electron chi connectivity index (χ4n) is 7.67. The maximum atomic E-state index is 2.53. The smallest absolute Gasteiger partial charge is 0.0594 e. The zero-order chi connectivity index (χ0) is 32.8. The van der Waals surface area contributed by atoms with E-state index < -0.39 is 7.26 Å². The highest BCUT2D eigenvalue weighted by atomic mass is 31.2. The van der Waals surface area contributed by atoms with Crippen LogP contribution in [-0.2, 0) is 0 Å². The average molecular weight is 652 g/mol. The maximum Gasteiger partial charge on any atom is 0.0594 e. The molecule has 0 nitrogen and oxygen atoms in total. The third-order valence-electron chi connectivity index (χ3n) is 11.3. The lowest BCUT2D eigenvalue weighted by Crippen LogP contribution is -2.09. The van der Waals surface area contributed by atoms with Crippen LogP contribution >= 0.6 is 7.26 Å². The minimum Gasteiger partial charge on any atom is -0.0654 e. The Kier molecular flexibility index (Phi) is 39.2. The number of unbranched alkanes of at least 4 members (excludes halogenated alkanes) is 34. The Morgan fingerprint density at radius 1 is 0.200 bits per heavy atom. The van der Waals surface area contributed by atoms with Crippen LogP contribution in [-0.4, -0.2) is 24.6 Å². The molecule has 0 fully saturated rings. The first kappa shape index (κ1) is 45.4. The van der Waals surface area contributed by atoms with Gasteiger partial charge in [-0.1, -0.05) is 219 Å². The van der Waals surface area contributed by atoms with Gasteiger partial charge in [-0.25, -0.2) is 0 Å². The zero-order valence-corrected chi connectivity index (χ0v) is 33.6. The molecule has 0 aromatic heterocycles. The van der Waals surface area contributed by atoms with Crippen LogP contribution in [0, 0.1) is 0 Å². The van der Waals surface area contributed by atoms with Crippen LogP contribution in [0.4, 0.5) is 0 Å². The van der Waals surface area contributed by atoms with Crippen molar-refractivity contribution in [3.63, 3.8) is 0 Å². The molecule has 272 valence electrons. The van der Waals surface area contributed by atoms with E-state index >= 15 is 0 Å². The Bertz CT molecular complexity index is 467. The normalized spacial score (nSPS) is 12.0. The third kappa shape index (κ3) is 34.1. The van der Waals surface area contributed by atoms with E-state index in [2.05, 4.69) is 27.7 Å². The first-order chi connectivity index (χ1) is 22.2. The van der Waals surface area contributed by atoms with Crippen LogP contribution < -0.4 is 0 Å². The van der Waals surface area contributed by atoms with E-state index in [0.29, 0.717) is 0 Å². The highest BCUT2D eigenvalue weighted by Crippen LogP contribution is 2.59. The van der Waals surface area contributed by atoms with Crippen molar-refractivity contribution in [2.24, 2.45) is 0 Å². The van der Waals surface area contributed by atoms with E-state index in [1.807, 2.05) is 0 Å². The molecule has 0 N–H and O–H groups in total. The monoisotopic (exact) mass is 652 g/mol. The molecular formula is C44H92P+. The number of rotatable bonds is 40. The lowest BCUT2D eigenvalue weighted by molar-refractivity contribution is 0.526. The van der Waals surface area contributed by atoms with E-state index in [4.69, 9.17) is 0 Å². The summed E-state index contributed by atoms with van der Waals surface area (Å²) in [5.74, 6) is 0. The summed E-state index contributed by atoms with van der Waals surface area (Å²) in [5.41, 5.74) is 0. The van der Waals surface area contributed by atoms with E-state index in [1.54, 1.807) is 12.3 Å². The van der Waals surface area contributed by atoms with Crippen molar-refractivity contribution in [3.05, 3.63) is 0 Å². The molecule has 0 bridgehead atoms. The Hall–Kier alpha value is 0.430. The molecule has 0 heterocycles. The molecule has 1 heteroatoms. The summed E-state index contributed by atoms with van der Waals surface area (Å²) in [6.45, 7) is 9.68. The first-order valence-electron chi connectivity index (χ1n) is 22.1. The number of hydrogen-bond acceptors (Lipinski definition) is 0. The Labute approximate surface area is 290 Å². The van der Waals surface area contributed by atoms with Gasteiger partial charge in [-0.3, -0.25) is 0 Å². The summed E-state index contributed by atoms with van der Waals surface area (Å²) < 4.78 is 0. The summed E-state index contributed by atoms with van der Waals surface area (Å²) in [4.78, 5) is 0. The fourth-order valence-corrected chi connectivity index (χ4v) is 11.4. The minimum absolute atomic E-state index is 0.641.